The molecular weight excluding hydrogens is 363 g/mol. The van der Waals surface area contributed by atoms with Crippen molar-refractivity contribution in [2.45, 2.75) is 25.2 Å². The monoisotopic (exact) mass is 372 g/mol. The third kappa shape index (κ3) is 2.78. The zero-order chi connectivity index (χ0) is 14.3. The number of H-pyrrole nitrogens is 1. The Labute approximate surface area is 134 Å². The number of halogens is 3. The van der Waals surface area contributed by atoms with E-state index in [1.807, 2.05) is 0 Å². The summed E-state index contributed by atoms with van der Waals surface area (Å²) < 4.78 is 0.536. The number of rotatable bonds is 3. The molecule has 0 aliphatic heterocycles. The fourth-order valence-electron chi connectivity index (χ4n) is 2.10. The molecule has 0 unspecified atom stereocenters. The van der Waals surface area contributed by atoms with Gasteiger partial charge in [-0.2, -0.15) is 0 Å². The lowest BCUT2D eigenvalue weighted by Gasteiger charge is -2.08. The van der Waals surface area contributed by atoms with Crippen LogP contribution in [-0.4, -0.2) is 9.97 Å². The summed E-state index contributed by atoms with van der Waals surface area (Å²) in [4.78, 5) is 19.3. The van der Waals surface area contributed by atoms with Crippen molar-refractivity contribution in [2.75, 3.05) is 0 Å². The van der Waals surface area contributed by atoms with Gasteiger partial charge >= 0.3 is 0 Å². The third-order valence-electron chi connectivity index (χ3n) is 3.31. The molecule has 3 nitrogen and oxygen atoms in total. The maximum Gasteiger partial charge on any atom is 0.265 e. The molecule has 1 aliphatic carbocycles. The molecular formula is C14H11BrCl2N2O. The number of hydrogen-bond donors (Lipinski definition) is 1. The number of aromatic amines is 1. The highest BCUT2D eigenvalue weighted by Crippen LogP contribution is 2.41. The van der Waals surface area contributed by atoms with Crippen LogP contribution >= 0.6 is 39.1 Å². The van der Waals surface area contributed by atoms with Gasteiger partial charge in [-0.3, -0.25) is 4.79 Å². The average Bonchev–Trinajstić information content (AvgIpc) is 3.22. The van der Waals surface area contributed by atoms with E-state index in [0.29, 0.717) is 32.7 Å². The Bertz CT molecular complexity index is 705. The first-order valence-electron chi connectivity index (χ1n) is 6.27. The van der Waals surface area contributed by atoms with Crippen LogP contribution in [0.2, 0.25) is 10.0 Å². The molecule has 1 N–H and O–H groups in total. The van der Waals surface area contributed by atoms with Gasteiger partial charge in [0.2, 0.25) is 0 Å². The molecule has 1 aliphatic rings. The molecule has 1 saturated carbocycles. The van der Waals surface area contributed by atoms with Gasteiger partial charge in [-0.05, 0) is 46.5 Å². The molecule has 0 bridgehead atoms. The van der Waals surface area contributed by atoms with Crippen LogP contribution in [0.25, 0.3) is 0 Å². The molecule has 104 valence electrons. The summed E-state index contributed by atoms with van der Waals surface area (Å²) >= 11 is 15.6. The van der Waals surface area contributed by atoms with Crippen LogP contribution in [0.4, 0.5) is 0 Å². The number of nitrogens with one attached hydrogen (secondary N) is 1. The molecule has 1 aromatic heterocycles. The summed E-state index contributed by atoms with van der Waals surface area (Å²) in [6.45, 7) is 0. The molecule has 0 atom stereocenters. The van der Waals surface area contributed by atoms with Gasteiger partial charge in [0.1, 0.15) is 10.3 Å². The minimum Gasteiger partial charge on any atom is -0.309 e. The highest BCUT2D eigenvalue weighted by molar-refractivity contribution is 9.10. The average molecular weight is 374 g/mol. The van der Waals surface area contributed by atoms with Crippen molar-refractivity contribution in [1.82, 2.24) is 9.97 Å². The smallest absolute Gasteiger partial charge is 0.265 e. The normalized spacial score (nSPS) is 14.6. The molecule has 1 aromatic carbocycles. The van der Waals surface area contributed by atoms with E-state index in [1.165, 1.54) is 0 Å². The number of nitrogens with zero attached hydrogens (tertiary/aromatic N) is 1. The lowest BCUT2D eigenvalue weighted by atomic mass is 10.1. The van der Waals surface area contributed by atoms with E-state index >= 15 is 0 Å². The lowest BCUT2D eigenvalue weighted by Crippen LogP contribution is -2.15. The van der Waals surface area contributed by atoms with Crippen molar-refractivity contribution in [3.8, 4) is 0 Å². The number of aromatic nitrogens is 2. The first kappa shape index (κ1) is 14.1. The Balaban J connectivity index is 2.01. The lowest BCUT2D eigenvalue weighted by molar-refractivity contribution is 0.871. The molecule has 2 aromatic rings. The standard InChI is InChI=1S/C14H11BrCl2N2O/c15-12-13(7-4-5-7)18-11(19-14(12)20)6-8-9(16)2-1-3-10(8)17/h1-3,7H,4-6H2,(H,18,19,20). The number of hydrogen-bond acceptors (Lipinski definition) is 2. The quantitative estimate of drug-likeness (QED) is 0.871. The van der Waals surface area contributed by atoms with Crippen molar-refractivity contribution in [2.24, 2.45) is 0 Å². The summed E-state index contributed by atoms with van der Waals surface area (Å²) in [6, 6.07) is 5.35. The Morgan fingerprint density at radius 1 is 1.30 bits per heavy atom. The highest BCUT2D eigenvalue weighted by Gasteiger charge is 2.29. The van der Waals surface area contributed by atoms with Crippen molar-refractivity contribution < 1.29 is 0 Å². The van der Waals surface area contributed by atoms with Gasteiger partial charge in [-0.15, -0.1) is 0 Å². The molecule has 1 heterocycles. The van der Waals surface area contributed by atoms with E-state index in [1.54, 1.807) is 18.2 Å². The zero-order valence-electron chi connectivity index (χ0n) is 10.4. The summed E-state index contributed by atoms with van der Waals surface area (Å²) in [5, 5.41) is 1.16. The highest BCUT2D eigenvalue weighted by atomic mass is 79.9. The molecule has 0 amide bonds. The fraction of sp³-hybridized carbons (Fsp3) is 0.286. The largest absolute Gasteiger partial charge is 0.309 e. The van der Waals surface area contributed by atoms with Gasteiger partial charge in [0.15, 0.2) is 0 Å². The van der Waals surface area contributed by atoms with Crippen LogP contribution in [0.3, 0.4) is 0 Å². The van der Waals surface area contributed by atoms with E-state index in [0.717, 1.165) is 24.1 Å². The molecule has 6 heteroatoms. The predicted octanol–water partition coefficient (Wildman–Crippen LogP) is 4.31. The van der Waals surface area contributed by atoms with Crippen LogP contribution in [0.1, 0.15) is 35.8 Å². The second-order valence-electron chi connectivity index (χ2n) is 4.86. The van der Waals surface area contributed by atoms with E-state index in [-0.39, 0.29) is 5.56 Å². The van der Waals surface area contributed by atoms with Gasteiger partial charge in [0.05, 0.1) is 5.69 Å². The first-order valence-corrected chi connectivity index (χ1v) is 7.82. The maximum absolute atomic E-state index is 11.9. The van der Waals surface area contributed by atoms with Crippen molar-refractivity contribution in [1.29, 1.82) is 0 Å². The van der Waals surface area contributed by atoms with Gasteiger partial charge in [-0.1, -0.05) is 29.3 Å². The summed E-state index contributed by atoms with van der Waals surface area (Å²) in [5.74, 6) is 0.988. The van der Waals surface area contributed by atoms with E-state index < -0.39 is 0 Å². The van der Waals surface area contributed by atoms with Crippen LogP contribution in [-0.2, 0) is 6.42 Å². The Morgan fingerprint density at radius 2 is 1.95 bits per heavy atom. The van der Waals surface area contributed by atoms with Gasteiger partial charge in [0, 0.05) is 22.4 Å². The van der Waals surface area contributed by atoms with Crippen LogP contribution < -0.4 is 5.56 Å². The molecule has 3 rings (SSSR count). The van der Waals surface area contributed by atoms with E-state index in [9.17, 15) is 4.79 Å². The number of benzene rings is 1. The van der Waals surface area contributed by atoms with Gasteiger partial charge in [-0.25, -0.2) is 4.98 Å². The van der Waals surface area contributed by atoms with E-state index in [4.69, 9.17) is 23.2 Å². The van der Waals surface area contributed by atoms with Crippen LogP contribution in [0.15, 0.2) is 27.5 Å². The second-order valence-corrected chi connectivity index (χ2v) is 6.47. The topological polar surface area (TPSA) is 45.8 Å². The summed E-state index contributed by atoms with van der Waals surface area (Å²) in [5.41, 5.74) is 1.47. The van der Waals surface area contributed by atoms with Crippen molar-refractivity contribution in [3.63, 3.8) is 0 Å². The molecule has 20 heavy (non-hydrogen) atoms. The summed E-state index contributed by atoms with van der Waals surface area (Å²) in [7, 11) is 0. The predicted molar refractivity (Wildman–Crippen MR) is 83.8 cm³/mol. The Kier molecular flexibility index (Phi) is 3.89. The zero-order valence-corrected chi connectivity index (χ0v) is 13.5. The van der Waals surface area contributed by atoms with Crippen molar-refractivity contribution >= 4 is 39.1 Å². The van der Waals surface area contributed by atoms with Gasteiger partial charge < -0.3 is 4.98 Å². The summed E-state index contributed by atoms with van der Waals surface area (Å²) in [6.07, 6.45) is 2.59. The van der Waals surface area contributed by atoms with Crippen molar-refractivity contribution in [3.05, 3.63) is 60.2 Å². The molecule has 0 radical (unpaired) electrons. The van der Waals surface area contributed by atoms with Crippen LogP contribution in [0, 0.1) is 0 Å². The molecule has 0 saturated heterocycles. The maximum atomic E-state index is 11.9. The van der Waals surface area contributed by atoms with Crippen LogP contribution in [0.5, 0.6) is 0 Å². The third-order valence-corrected chi connectivity index (χ3v) is 4.78. The second kappa shape index (κ2) is 5.51. The Morgan fingerprint density at radius 3 is 2.55 bits per heavy atom. The fourth-order valence-corrected chi connectivity index (χ4v) is 3.15. The molecule has 0 spiro atoms. The van der Waals surface area contributed by atoms with E-state index in [2.05, 4.69) is 25.9 Å². The Hall–Kier alpha value is -0.840. The minimum atomic E-state index is -0.153. The molecule has 1 fully saturated rings. The first-order chi connectivity index (χ1) is 9.56. The van der Waals surface area contributed by atoms with Gasteiger partial charge in [0.25, 0.3) is 5.56 Å². The SMILES string of the molecule is O=c1[nH]c(Cc2c(Cl)cccc2Cl)nc(C2CC2)c1Br. The minimum absolute atomic E-state index is 0.153.